The zero-order chi connectivity index (χ0) is 14.5. The van der Waals surface area contributed by atoms with Gasteiger partial charge in [0.15, 0.2) is 5.78 Å². The Hall–Kier alpha value is -1.36. The lowest BCUT2D eigenvalue weighted by Gasteiger charge is -2.10. The Labute approximate surface area is 110 Å². The summed E-state index contributed by atoms with van der Waals surface area (Å²) < 4.78 is 39.9. The first-order chi connectivity index (χ1) is 8.83. The van der Waals surface area contributed by atoms with E-state index in [2.05, 4.69) is 18.6 Å². The molecule has 1 aromatic carbocycles. The van der Waals surface area contributed by atoms with E-state index in [1.165, 1.54) is 0 Å². The van der Waals surface area contributed by atoms with Crippen LogP contribution in [0.25, 0.3) is 0 Å². The van der Waals surface area contributed by atoms with E-state index in [1.54, 1.807) is 12.1 Å². The summed E-state index contributed by atoms with van der Waals surface area (Å²) in [6.07, 6.45) is -3.41. The largest absolute Gasteiger partial charge is 0.411 e. The van der Waals surface area contributed by atoms with Gasteiger partial charge in [-0.3, -0.25) is 4.79 Å². The molecule has 0 aliphatic carbocycles. The summed E-state index contributed by atoms with van der Waals surface area (Å²) >= 11 is 0. The molecule has 0 bridgehead atoms. The van der Waals surface area contributed by atoms with Gasteiger partial charge in [-0.2, -0.15) is 13.2 Å². The van der Waals surface area contributed by atoms with Crippen LogP contribution in [0.15, 0.2) is 24.3 Å². The molecule has 1 aromatic rings. The van der Waals surface area contributed by atoms with Crippen molar-refractivity contribution < 1.29 is 22.7 Å². The van der Waals surface area contributed by atoms with Crippen LogP contribution >= 0.6 is 0 Å². The minimum atomic E-state index is -4.40. The normalized spacial score (nSPS) is 13.3. The second-order valence-electron chi connectivity index (χ2n) is 4.46. The van der Waals surface area contributed by atoms with Crippen LogP contribution in [0.5, 0.6) is 0 Å². The van der Waals surface area contributed by atoms with Gasteiger partial charge in [-0.25, -0.2) is 0 Å². The second-order valence-corrected chi connectivity index (χ2v) is 4.46. The summed E-state index contributed by atoms with van der Waals surface area (Å²) in [5.41, 5.74) is 1.48. The molecule has 0 spiro atoms. The predicted octanol–water partition coefficient (Wildman–Crippen LogP) is 3.96. The first kappa shape index (κ1) is 15.7. The van der Waals surface area contributed by atoms with Gasteiger partial charge in [0.05, 0.1) is 0 Å². The molecule has 106 valence electrons. The topological polar surface area (TPSA) is 26.3 Å². The molecule has 0 N–H and O–H groups in total. The summed E-state index contributed by atoms with van der Waals surface area (Å²) in [5, 5.41) is 0. The molecule has 19 heavy (non-hydrogen) atoms. The van der Waals surface area contributed by atoms with Gasteiger partial charge in [0.1, 0.15) is 13.2 Å². The van der Waals surface area contributed by atoms with Crippen molar-refractivity contribution in [3.8, 4) is 0 Å². The van der Waals surface area contributed by atoms with Gasteiger partial charge in [0.25, 0.3) is 0 Å². The van der Waals surface area contributed by atoms with Crippen LogP contribution in [-0.4, -0.2) is 25.2 Å². The molecule has 0 saturated carbocycles. The Morgan fingerprint density at radius 1 is 1.26 bits per heavy atom. The Morgan fingerprint density at radius 2 is 1.84 bits per heavy atom. The average molecular weight is 274 g/mol. The van der Waals surface area contributed by atoms with Crippen LogP contribution in [0.3, 0.4) is 0 Å². The van der Waals surface area contributed by atoms with Crippen molar-refractivity contribution in [1.82, 2.24) is 0 Å². The summed E-state index contributed by atoms with van der Waals surface area (Å²) in [6, 6.07) is 6.90. The number of benzene rings is 1. The Morgan fingerprint density at radius 3 is 2.32 bits per heavy atom. The number of alkyl halides is 3. The van der Waals surface area contributed by atoms with Crippen molar-refractivity contribution in [1.29, 1.82) is 0 Å². The number of halogens is 3. The van der Waals surface area contributed by atoms with Crippen LogP contribution in [0.2, 0.25) is 0 Å². The summed E-state index contributed by atoms with van der Waals surface area (Å²) in [6.45, 7) is 2.18. The minimum Gasteiger partial charge on any atom is -0.364 e. The molecule has 2 nitrogen and oxygen atoms in total. The number of rotatable bonds is 6. The summed E-state index contributed by atoms with van der Waals surface area (Å²) in [7, 11) is 0. The molecule has 0 radical (unpaired) electrons. The monoisotopic (exact) mass is 274 g/mol. The molecule has 0 aromatic heterocycles. The first-order valence-electron chi connectivity index (χ1n) is 6.11. The highest BCUT2D eigenvalue weighted by atomic mass is 19.4. The molecule has 1 atom stereocenters. The number of ether oxygens (including phenoxy) is 1. The van der Waals surface area contributed by atoms with E-state index >= 15 is 0 Å². The van der Waals surface area contributed by atoms with Crippen LogP contribution < -0.4 is 0 Å². The highest BCUT2D eigenvalue weighted by Gasteiger charge is 2.27. The molecule has 0 saturated heterocycles. The highest BCUT2D eigenvalue weighted by Crippen LogP contribution is 2.19. The fraction of sp³-hybridized carbons (Fsp3) is 0.500. The molecule has 0 aliphatic heterocycles. The first-order valence-corrected chi connectivity index (χ1v) is 6.11. The maximum atomic E-state index is 11.9. The molecule has 0 heterocycles. The number of hydrogen-bond donors (Lipinski definition) is 0. The minimum absolute atomic E-state index is 0.370. The van der Waals surface area contributed by atoms with Crippen LogP contribution in [0.4, 0.5) is 13.2 Å². The third kappa shape index (κ3) is 5.42. The molecule has 1 unspecified atom stereocenters. The van der Waals surface area contributed by atoms with Crippen molar-refractivity contribution >= 4 is 5.78 Å². The highest BCUT2D eigenvalue weighted by molar-refractivity contribution is 5.97. The molecule has 0 aliphatic rings. The van der Waals surface area contributed by atoms with Crippen molar-refractivity contribution in [2.75, 3.05) is 13.2 Å². The average Bonchev–Trinajstić information content (AvgIpc) is 2.36. The summed E-state index contributed by atoms with van der Waals surface area (Å²) in [5.74, 6) is -0.0504. The predicted molar refractivity (Wildman–Crippen MR) is 66.4 cm³/mol. The zero-order valence-electron chi connectivity index (χ0n) is 11.0. The molecular weight excluding hydrogens is 257 g/mol. The van der Waals surface area contributed by atoms with E-state index in [4.69, 9.17) is 0 Å². The molecule has 0 amide bonds. The maximum Gasteiger partial charge on any atom is 0.411 e. The van der Waals surface area contributed by atoms with E-state index in [9.17, 15) is 18.0 Å². The number of ketones is 1. The molecule has 0 fully saturated rings. The lowest BCUT2D eigenvalue weighted by atomic mass is 9.97. The van der Waals surface area contributed by atoms with Crippen LogP contribution in [0.1, 0.15) is 42.1 Å². The third-order valence-electron chi connectivity index (χ3n) is 2.91. The van der Waals surface area contributed by atoms with Crippen LogP contribution in [-0.2, 0) is 4.74 Å². The van der Waals surface area contributed by atoms with Gasteiger partial charge >= 0.3 is 6.18 Å². The second kappa shape index (κ2) is 6.70. The van der Waals surface area contributed by atoms with Crippen LogP contribution in [0, 0.1) is 0 Å². The Kier molecular flexibility index (Phi) is 5.54. The van der Waals surface area contributed by atoms with Gasteiger partial charge in [-0.15, -0.1) is 0 Å². The number of carbonyl (C=O) groups is 1. The van der Waals surface area contributed by atoms with E-state index in [-0.39, 0.29) is 0 Å². The summed E-state index contributed by atoms with van der Waals surface area (Å²) in [4.78, 5) is 11.6. The standard InChI is InChI=1S/C14H17F3O2/c1-3-10(2)11-4-6-12(7-5-11)13(18)8-19-9-14(15,16)17/h4-7,10H,3,8-9H2,1-2H3. The van der Waals surface area contributed by atoms with Gasteiger partial charge in [-0.1, -0.05) is 38.1 Å². The Balaban J connectivity index is 2.54. The van der Waals surface area contributed by atoms with E-state index < -0.39 is 25.2 Å². The van der Waals surface area contributed by atoms with Gasteiger partial charge < -0.3 is 4.74 Å². The number of Topliss-reactive ketones (excluding diaryl/α,β-unsaturated/α-hetero) is 1. The van der Waals surface area contributed by atoms with Gasteiger partial charge in [0, 0.05) is 5.56 Å². The fourth-order valence-electron chi connectivity index (χ4n) is 1.58. The molecule has 1 rings (SSSR count). The van der Waals surface area contributed by atoms with E-state index in [1.807, 2.05) is 12.1 Å². The maximum absolute atomic E-state index is 11.9. The zero-order valence-corrected chi connectivity index (χ0v) is 11.0. The number of hydrogen-bond acceptors (Lipinski definition) is 2. The van der Waals surface area contributed by atoms with Crippen molar-refractivity contribution in [3.63, 3.8) is 0 Å². The van der Waals surface area contributed by atoms with Crippen molar-refractivity contribution in [2.45, 2.75) is 32.4 Å². The quantitative estimate of drug-likeness (QED) is 0.734. The van der Waals surface area contributed by atoms with Gasteiger partial charge in [0.2, 0.25) is 0 Å². The molecular formula is C14H17F3O2. The lowest BCUT2D eigenvalue weighted by molar-refractivity contribution is -0.170. The third-order valence-corrected chi connectivity index (χ3v) is 2.91. The SMILES string of the molecule is CCC(C)c1ccc(C(=O)COCC(F)(F)F)cc1. The van der Waals surface area contributed by atoms with Crippen molar-refractivity contribution in [3.05, 3.63) is 35.4 Å². The molecule has 5 heteroatoms. The fourth-order valence-corrected chi connectivity index (χ4v) is 1.58. The van der Waals surface area contributed by atoms with Gasteiger partial charge in [-0.05, 0) is 17.9 Å². The van der Waals surface area contributed by atoms with Crippen molar-refractivity contribution in [2.24, 2.45) is 0 Å². The van der Waals surface area contributed by atoms with E-state index in [0.717, 1.165) is 12.0 Å². The lowest BCUT2D eigenvalue weighted by Crippen LogP contribution is -2.20. The smallest absolute Gasteiger partial charge is 0.364 e. The number of carbonyl (C=O) groups excluding carboxylic acids is 1. The van der Waals surface area contributed by atoms with E-state index in [0.29, 0.717) is 11.5 Å². The Bertz CT molecular complexity index is 410.